The molecule has 3 aromatic rings. The molecule has 3 N–H and O–H groups in total. The highest BCUT2D eigenvalue weighted by Gasteiger charge is 2.20. The first kappa shape index (κ1) is 14.0. The second-order valence-electron chi connectivity index (χ2n) is 6.27. The van der Waals surface area contributed by atoms with Crippen LogP contribution in [0.2, 0.25) is 5.02 Å². The maximum absolute atomic E-state index is 6.06. The monoisotopic (exact) mass is 299 g/mol. The van der Waals surface area contributed by atoms with E-state index in [1.165, 1.54) is 5.56 Å². The summed E-state index contributed by atoms with van der Waals surface area (Å²) >= 11 is 6.06. The molecule has 0 aliphatic heterocycles. The molecular formula is C17H18ClN3. The van der Waals surface area contributed by atoms with Crippen molar-refractivity contribution in [2.45, 2.75) is 26.2 Å². The summed E-state index contributed by atoms with van der Waals surface area (Å²) in [6.45, 7) is 6.58. The van der Waals surface area contributed by atoms with Gasteiger partial charge < -0.3 is 10.7 Å². The van der Waals surface area contributed by atoms with Crippen molar-refractivity contribution in [1.82, 2.24) is 9.97 Å². The smallest absolute Gasteiger partial charge is 0.138 e. The van der Waals surface area contributed by atoms with Gasteiger partial charge in [-0.2, -0.15) is 0 Å². The topological polar surface area (TPSA) is 54.7 Å². The van der Waals surface area contributed by atoms with E-state index in [2.05, 4.69) is 48.9 Å². The van der Waals surface area contributed by atoms with Crippen molar-refractivity contribution in [3.63, 3.8) is 0 Å². The van der Waals surface area contributed by atoms with Crippen molar-refractivity contribution in [2.24, 2.45) is 0 Å². The lowest BCUT2D eigenvalue weighted by atomic mass is 9.83. The molecule has 0 unspecified atom stereocenters. The standard InChI is InChI=1S/C17H18ClN3/c1-17(2,3)12-7-5-4-6-11(12)16-20-14-9-10(18)8-13(19)15(14)21-16/h4-9H,19H2,1-3H3,(H,20,21). The van der Waals surface area contributed by atoms with E-state index >= 15 is 0 Å². The first-order valence-corrected chi connectivity index (χ1v) is 7.28. The highest BCUT2D eigenvalue weighted by Crippen LogP contribution is 2.33. The molecule has 0 saturated heterocycles. The molecule has 108 valence electrons. The molecule has 0 atom stereocenters. The van der Waals surface area contributed by atoms with Crippen molar-refractivity contribution in [3.8, 4) is 11.4 Å². The number of aromatic amines is 1. The van der Waals surface area contributed by atoms with Gasteiger partial charge in [0.15, 0.2) is 0 Å². The summed E-state index contributed by atoms with van der Waals surface area (Å²) in [7, 11) is 0. The second kappa shape index (κ2) is 4.78. The number of nitrogens with zero attached hydrogens (tertiary/aromatic N) is 1. The zero-order chi connectivity index (χ0) is 15.2. The van der Waals surface area contributed by atoms with E-state index in [9.17, 15) is 0 Å². The summed E-state index contributed by atoms with van der Waals surface area (Å²) in [4.78, 5) is 7.99. The third-order valence-corrected chi connectivity index (χ3v) is 3.79. The molecule has 0 bridgehead atoms. The predicted molar refractivity (Wildman–Crippen MR) is 89.7 cm³/mol. The number of halogens is 1. The fraction of sp³-hybridized carbons (Fsp3) is 0.235. The number of H-pyrrole nitrogens is 1. The Morgan fingerprint density at radius 3 is 2.57 bits per heavy atom. The number of aromatic nitrogens is 2. The molecule has 2 aromatic carbocycles. The maximum Gasteiger partial charge on any atom is 0.138 e. The Balaban J connectivity index is 2.25. The number of anilines is 1. The fourth-order valence-electron chi connectivity index (χ4n) is 2.58. The lowest BCUT2D eigenvalue weighted by Crippen LogP contribution is -2.12. The van der Waals surface area contributed by atoms with E-state index in [0.717, 1.165) is 22.4 Å². The minimum Gasteiger partial charge on any atom is -0.397 e. The third kappa shape index (κ3) is 2.49. The molecule has 3 nitrogen and oxygen atoms in total. The third-order valence-electron chi connectivity index (χ3n) is 3.57. The Hall–Kier alpha value is -2.00. The van der Waals surface area contributed by atoms with Gasteiger partial charge in [0.05, 0.1) is 11.2 Å². The van der Waals surface area contributed by atoms with Crippen LogP contribution in [0.1, 0.15) is 26.3 Å². The van der Waals surface area contributed by atoms with E-state index < -0.39 is 0 Å². The molecule has 0 radical (unpaired) electrons. The van der Waals surface area contributed by atoms with Gasteiger partial charge in [-0.05, 0) is 23.1 Å². The quantitative estimate of drug-likeness (QED) is 0.636. The summed E-state index contributed by atoms with van der Waals surface area (Å²) in [5.74, 6) is 0.824. The van der Waals surface area contributed by atoms with Crippen LogP contribution in [-0.4, -0.2) is 9.97 Å². The Labute approximate surface area is 129 Å². The molecule has 3 rings (SSSR count). The summed E-state index contributed by atoms with van der Waals surface area (Å²) in [5.41, 5.74) is 10.6. The van der Waals surface area contributed by atoms with Crippen molar-refractivity contribution in [1.29, 1.82) is 0 Å². The minimum atomic E-state index is 0.0404. The van der Waals surface area contributed by atoms with Gasteiger partial charge in [0.25, 0.3) is 0 Å². The molecule has 0 saturated carbocycles. The zero-order valence-corrected chi connectivity index (χ0v) is 13.1. The highest BCUT2D eigenvalue weighted by molar-refractivity contribution is 6.31. The fourth-order valence-corrected chi connectivity index (χ4v) is 2.81. The van der Waals surface area contributed by atoms with E-state index in [1.54, 1.807) is 6.07 Å². The number of benzene rings is 2. The number of nitrogens with two attached hydrogens (primary N) is 1. The van der Waals surface area contributed by atoms with Gasteiger partial charge in [-0.3, -0.25) is 0 Å². The number of rotatable bonds is 1. The molecule has 0 spiro atoms. The molecule has 0 fully saturated rings. The van der Waals surface area contributed by atoms with Crippen molar-refractivity contribution >= 4 is 28.3 Å². The molecule has 0 aliphatic carbocycles. The maximum atomic E-state index is 6.06. The molecule has 4 heteroatoms. The van der Waals surface area contributed by atoms with Crippen molar-refractivity contribution in [2.75, 3.05) is 5.73 Å². The van der Waals surface area contributed by atoms with Crippen LogP contribution in [-0.2, 0) is 5.41 Å². The predicted octanol–water partition coefficient (Wildman–Crippen LogP) is 4.76. The molecule has 0 aliphatic rings. The van der Waals surface area contributed by atoms with Gasteiger partial charge in [0.2, 0.25) is 0 Å². The zero-order valence-electron chi connectivity index (χ0n) is 12.4. The van der Waals surface area contributed by atoms with Crippen LogP contribution in [0.4, 0.5) is 5.69 Å². The normalized spacial score (nSPS) is 12.0. The highest BCUT2D eigenvalue weighted by atomic mass is 35.5. The largest absolute Gasteiger partial charge is 0.397 e. The Morgan fingerprint density at radius 2 is 1.86 bits per heavy atom. The van der Waals surface area contributed by atoms with Crippen molar-refractivity contribution < 1.29 is 0 Å². The molecule has 1 heterocycles. The molecular weight excluding hydrogens is 282 g/mol. The number of fused-ring (bicyclic) bond motifs is 1. The van der Waals surface area contributed by atoms with Crippen LogP contribution in [0, 0.1) is 0 Å². The van der Waals surface area contributed by atoms with Crippen LogP contribution in [0.25, 0.3) is 22.4 Å². The number of hydrogen-bond acceptors (Lipinski definition) is 2. The van der Waals surface area contributed by atoms with E-state index in [4.69, 9.17) is 17.3 Å². The SMILES string of the molecule is CC(C)(C)c1ccccc1-c1nc2c(N)cc(Cl)cc2[nH]1. The van der Waals surface area contributed by atoms with Crippen molar-refractivity contribution in [3.05, 3.63) is 47.0 Å². The summed E-state index contributed by atoms with van der Waals surface area (Å²) in [5, 5.41) is 0.610. The summed E-state index contributed by atoms with van der Waals surface area (Å²) in [6.07, 6.45) is 0. The Bertz CT molecular complexity index is 813. The Morgan fingerprint density at radius 1 is 1.14 bits per heavy atom. The van der Waals surface area contributed by atoms with Crippen LogP contribution >= 0.6 is 11.6 Å². The first-order valence-electron chi connectivity index (χ1n) is 6.91. The molecule has 1 aromatic heterocycles. The van der Waals surface area contributed by atoms with Gasteiger partial charge >= 0.3 is 0 Å². The van der Waals surface area contributed by atoms with Gasteiger partial charge in [0.1, 0.15) is 11.3 Å². The number of nitrogens with one attached hydrogen (secondary N) is 1. The number of hydrogen-bond donors (Lipinski definition) is 2. The first-order chi connectivity index (χ1) is 9.86. The van der Waals surface area contributed by atoms with Crippen LogP contribution in [0.5, 0.6) is 0 Å². The van der Waals surface area contributed by atoms with Crippen LogP contribution in [0.15, 0.2) is 36.4 Å². The number of nitrogen functional groups attached to an aromatic ring is 1. The lowest BCUT2D eigenvalue weighted by molar-refractivity contribution is 0.591. The second-order valence-corrected chi connectivity index (χ2v) is 6.71. The van der Waals surface area contributed by atoms with Crippen LogP contribution in [0.3, 0.4) is 0 Å². The minimum absolute atomic E-state index is 0.0404. The summed E-state index contributed by atoms with van der Waals surface area (Å²) < 4.78 is 0. The van der Waals surface area contributed by atoms with E-state index in [0.29, 0.717) is 10.7 Å². The van der Waals surface area contributed by atoms with Gasteiger partial charge in [-0.15, -0.1) is 0 Å². The van der Waals surface area contributed by atoms with E-state index in [1.807, 2.05) is 12.1 Å². The van der Waals surface area contributed by atoms with Crippen LogP contribution < -0.4 is 5.73 Å². The number of imidazole rings is 1. The summed E-state index contributed by atoms with van der Waals surface area (Å²) in [6, 6.07) is 11.9. The van der Waals surface area contributed by atoms with Gasteiger partial charge in [-0.25, -0.2) is 4.98 Å². The van der Waals surface area contributed by atoms with E-state index in [-0.39, 0.29) is 5.41 Å². The molecule has 21 heavy (non-hydrogen) atoms. The van der Waals surface area contributed by atoms with Gasteiger partial charge in [-0.1, -0.05) is 56.6 Å². The average molecular weight is 300 g/mol. The average Bonchev–Trinajstić information content (AvgIpc) is 2.81. The Kier molecular flexibility index (Phi) is 3.18. The van der Waals surface area contributed by atoms with Gasteiger partial charge in [0, 0.05) is 10.6 Å². The lowest BCUT2D eigenvalue weighted by Gasteiger charge is -2.21. The molecule has 0 amide bonds.